The molecule has 0 aliphatic carbocycles. The fourth-order valence-electron chi connectivity index (χ4n) is 7.21. The Labute approximate surface area is 384 Å². The molecule has 0 fully saturated rings. The van der Waals surface area contributed by atoms with Gasteiger partial charge >= 0.3 is 11.9 Å². The first-order valence-corrected chi connectivity index (χ1v) is 23.5. The summed E-state index contributed by atoms with van der Waals surface area (Å²) in [5.74, 6) is 1.07. The number of methoxy groups -OCH3 is 4. The molecule has 0 aromatic heterocycles. The average Bonchev–Trinajstić information content (AvgIpc) is 3.17. The minimum absolute atomic E-state index is 0.0474. The fourth-order valence-corrected chi connectivity index (χ4v) is 10.2. The van der Waals surface area contributed by atoms with Crippen LogP contribution in [0.4, 0.5) is 0 Å². The summed E-state index contributed by atoms with van der Waals surface area (Å²) in [5, 5.41) is 4.31. The Morgan fingerprint density at radius 3 is 0.984 bits per heavy atom. The van der Waals surface area contributed by atoms with Gasteiger partial charge in [-0.1, -0.05) is 136 Å². The van der Waals surface area contributed by atoms with E-state index in [-0.39, 0.29) is 60.4 Å². The highest BCUT2D eigenvalue weighted by molar-refractivity contribution is 7.56. The maximum Gasteiger partial charge on any atom is 0.346 e. The summed E-state index contributed by atoms with van der Waals surface area (Å²) in [6.07, 6.45) is -2.07. The van der Waals surface area contributed by atoms with Crippen LogP contribution in [0.3, 0.4) is 0 Å². The average molecular weight is 928 g/mol. The zero-order valence-corrected chi connectivity index (χ0v) is 43.3. The molecule has 0 heterocycles. The molecular weight excluding hydrogens is 861 g/mol. The zero-order valence-electron chi connectivity index (χ0n) is 39.8. The largest absolute Gasteiger partial charge is 0.496 e. The van der Waals surface area contributed by atoms with Crippen LogP contribution in [0.15, 0.2) is 48.5 Å². The second-order valence-corrected chi connectivity index (χ2v) is 23.2. The molecule has 0 bridgehead atoms. The lowest BCUT2D eigenvalue weighted by atomic mass is 9.79. The van der Waals surface area contributed by atoms with Crippen LogP contribution in [-0.2, 0) is 40.7 Å². The quantitative estimate of drug-likeness (QED) is 0.0968. The molecule has 8 nitrogen and oxygen atoms in total. The van der Waals surface area contributed by atoms with Crippen molar-refractivity contribution in [2.24, 2.45) is 0 Å². The molecule has 4 aromatic carbocycles. The number of benzene rings is 4. The lowest BCUT2D eigenvalue weighted by Gasteiger charge is -2.31. The van der Waals surface area contributed by atoms with Gasteiger partial charge in [-0.3, -0.25) is 0 Å². The maximum absolute atomic E-state index is 13.0. The van der Waals surface area contributed by atoms with Gasteiger partial charge in [0.2, 0.25) is 0 Å². The minimum atomic E-state index is -1.04. The lowest BCUT2D eigenvalue weighted by Crippen LogP contribution is -2.28. The minimum Gasteiger partial charge on any atom is -0.496 e. The maximum atomic E-state index is 13.0. The molecule has 0 amide bonds. The van der Waals surface area contributed by atoms with E-state index >= 15 is 0 Å². The Morgan fingerprint density at radius 1 is 0.484 bits per heavy atom. The van der Waals surface area contributed by atoms with Crippen LogP contribution in [0.2, 0.25) is 10.0 Å². The van der Waals surface area contributed by atoms with Crippen LogP contribution in [0.1, 0.15) is 119 Å². The van der Waals surface area contributed by atoms with Crippen molar-refractivity contribution in [3.8, 4) is 34.1 Å². The molecule has 62 heavy (non-hydrogen) atoms. The number of carbonyl (C=O) groups excluding carboxylic acids is 2. The van der Waals surface area contributed by atoms with E-state index in [9.17, 15) is 9.59 Å². The lowest BCUT2D eigenvalue weighted by molar-refractivity contribution is -0.148. The molecule has 4 aromatic rings. The number of ether oxygens (including phenoxy) is 6. The van der Waals surface area contributed by atoms with E-state index in [0.717, 1.165) is 55.0 Å². The summed E-state index contributed by atoms with van der Waals surface area (Å²) in [4.78, 5) is 26.1. The predicted octanol–water partition coefficient (Wildman–Crippen LogP) is 11.0. The second-order valence-electron chi connectivity index (χ2n) is 19.6. The molecule has 338 valence electrons. The number of halogens is 2. The predicted molar refractivity (Wildman–Crippen MR) is 262 cm³/mol. The van der Waals surface area contributed by atoms with Gasteiger partial charge in [-0.15, -0.1) is 0 Å². The third-order valence-corrected chi connectivity index (χ3v) is 13.6. The first-order chi connectivity index (χ1) is 28.6. The van der Waals surface area contributed by atoms with Gasteiger partial charge in [-0.2, -0.15) is 0 Å². The van der Waals surface area contributed by atoms with Gasteiger partial charge in [0.05, 0.1) is 38.5 Å². The molecule has 0 spiro atoms. The van der Waals surface area contributed by atoms with Crippen molar-refractivity contribution in [3.05, 3.63) is 80.8 Å². The topological polar surface area (TPSA) is 89.5 Å². The van der Waals surface area contributed by atoms with Crippen molar-refractivity contribution in [1.82, 2.24) is 0 Å². The van der Waals surface area contributed by atoms with Crippen LogP contribution >= 0.6 is 40.4 Å². The zero-order chi connectivity index (χ0) is 46.9. The summed E-state index contributed by atoms with van der Waals surface area (Å²) in [5.41, 5.74) is 4.46. The third-order valence-electron chi connectivity index (χ3n) is 10.5. The van der Waals surface area contributed by atoms with Gasteiger partial charge in [-0.05, 0) is 93.1 Å². The molecule has 4 atom stereocenters. The molecule has 0 N–H and O–H groups in total. The van der Waals surface area contributed by atoms with Crippen molar-refractivity contribution >= 4 is 73.5 Å². The number of hydrogen-bond donors (Lipinski definition) is 0. The van der Waals surface area contributed by atoms with E-state index < -0.39 is 24.1 Å². The van der Waals surface area contributed by atoms with E-state index in [2.05, 4.69) is 107 Å². The van der Waals surface area contributed by atoms with Gasteiger partial charge in [0.15, 0.2) is 12.2 Å². The normalized spacial score (nSPS) is 13.7. The van der Waals surface area contributed by atoms with Crippen LogP contribution in [0.25, 0.3) is 11.1 Å². The fraction of sp³-hybridized carbons (Fsp3) is 0.480. The monoisotopic (exact) mass is 926 g/mol. The van der Waals surface area contributed by atoms with Crippen LogP contribution < -0.4 is 40.2 Å². The summed E-state index contributed by atoms with van der Waals surface area (Å²) in [6.45, 7) is 29.4. The molecular formula is C50H66Cl2O8P2. The third kappa shape index (κ3) is 11.6. The SMILES string of the molecule is COC(=O)C(C)Oc1c(Cl)ccc(Pc2cc(C(C)(C)C)c(OC)c(C(C)(C)C)c2)c1-c1c(Pc2cc(C(C)(C)C)c(OC)c(C(C)(C)C)c2)ccc(Cl)c1OC(C)C(=O)OC. The first-order valence-electron chi connectivity index (χ1n) is 20.7. The van der Waals surface area contributed by atoms with E-state index in [1.807, 2.05) is 12.1 Å². The Kier molecular flexibility index (Phi) is 16.2. The van der Waals surface area contributed by atoms with Crippen molar-refractivity contribution in [2.45, 2.75) is 131 Å². The summed E-state index contributed by atoms with van der Waals surface area (Å²) in [6, 6.07) is 16.4. The molecule has 0 radical (unpaired) electrons. The molecule has 4 unspecified atom stereocenters. The van der Waals surface area contributed by atoms with E-state index in [4.69, 9.17) is 51.6 Å². The number of hydrogen-bond acceptors (Lipinski definition) is 8. The molecule has 0 saturated heterocycles. The summed E-state index contributed by atoms with van der Waals surface area (Å²) in [7, 11) is 6.17. The van der Waals surface area contributed by atoms with Gasteiger partial charge in [-0.25, -0.2) is 9.59 Å². The summed E-state index contributed by atoms with van der Waals surface area (Å²) < 4.78 is 35.6. The second kappa shape index (κ2) is 19.7. The standard InChI is InChI=1S/C50H66Cl2O8P2/c1-27(45(53)57-17)59-43-35(51)19-21-37(61-29-23-31(47(3,4)5)41(55-15)32(24-29)48(6,7)8)39(43)40-38(22-20-36(52)44(40)60-28(2)46(54)58-18)62-30-25-33(49(9,10)11)42(56-16)34(26-30)50(12,13)14/h19-28,61-62H,1-18H3. The van der Waals surface area contributed by atoms with Gasteiger partial charge < -0.3 is 28.4 Å². The Bertz CT molecular complexity index is 2060. The van der Waals surface area contributed by atoms with E-state index in [0.29, 0.717) is 11.1 Å². The smallest absolute Gasteiger partial charge is 0.346 e. The van der Waals surface area contributed by atoms with Crippen molar-refractivity contribution in [3.63, 3.8) is 0 Å². The van der Waals surface area contributed by atoms with Crippen molar-refractivity contribution < 1.29 is 38.0 Å². The molecule has 0 saturated carbocycles. The Morgan fingerprint density at radius 2 is 0.758 bits per heavy atom. The van der Waals surface area contributed by atoms with Crippen molar-refractivity contribution in [1.29, 1.82) is 0 Å². The number of rotatable bonds is 13. The molecule has 0 aliphatic rings. The summed E-state index contributed by atoms with van der Waals surface area (Å²) >= 11 is 14.3. The highest BCUT2D eigenvalue weighted by Gasteiger charge is 2.33. The van der Waals surface area contributed by atoms with Gasteiger partial charge in [0.25, 0.3) is 0 Å². The highest BCUT2D eigenvalue weighted by Crippen LogP contribution is 2.48. The number of carbonyl (C=O) groups is 2. The Hall–Kier alpha value is -3.54. The highest BCUT2D eigenvalue weighted by atomic mass is 35.5. The van der Waals surface area contributed by atoms with Crippen LogP contribution in [0.5, 0.6) is 23.0 Å². The Balaban J connectivity index is 2.23. The van der Waals surface area contributed by atoms with Gasteiger partial charge in [0.1, 0.15) is 23.0 Å². The molecule has 12 heteroatoms. The van der Waals surface area contributed by atoms with Crippen LogP contribution in [-0.4, -0.2) is 52.6 Å². The van der Waals surface area contributed by atoms with E-state index in [1.165, 1.54) is 14.2 Å². The van der Waals surface area contributed by atoms with Gasteiger partial charge in [0, 0.05) is 33.4 Å². The molecule has 0 aliphatic heterocycles. The first kappa shape index (κ1) is 51.1. The van der Waals surface area contributed by atoms with Crippen LogP contribution in [0, 0.1) is 0 Å². The number of esters is 2. The molecule has 4 rings (SSSR count). The van der Waals surface area contributed by atoms with Crippen molar-refractivity contribution in [2.75, 3.05) is 28.4 Å². The van der Waals surface area contributed by atoms with E-state index in [1.54, 1.807) is 40.2 Å².